The summed E-state index contributed by atoms with van der Waals surface area (Å²) in [6.07, 6.45) is 1.36. The fraction of sp³-hybridized carbons (Fsp3) is 0.267. The van der Waals surface area contributed by atoms with Crippen molar-refractivity contribution in [1.29, 1.82) is 0 Å². The lowest BCUT2D eigenvalue weighted by Crippen LogP contribution is -2.15. The molecular weight excluding hydrogens is 302 g/mol. The number of aromatic nitrogens is 2. The summed E-state index contributed by atoms with van der Waals surface area (Å²) in [4.78, 5) is 23.5. The number of rotatable bonds is 5. The quantitative estimate of drug-likeness (QED) is 0.822. The maximum absolute atomic E-state index is 11.8. The van der Waals surface area contributed by atoms with Gasteiger partial charge in [-0.05, 0) is 18.2 Å². The van der Waals surface area contributed by atoms with Gasteiger partial charge in [0.15, 0.2) is 5.69 Å². The second kappa shape index (κ2) is 6.82. The predicted molar refractivity (Wildman–Crippen MR) is 81.4 cm³/mol. The lowest BCUT2D eigenvalue weighted by atomic mass is 10.1. The maximum atomic E-state index is 11.8. The molecule has 0 amide bonds. The van der Waals surface area contributed by atoms with Crippen molar-refractivity contribution in [3.63, 3.8) is 0 Å². The van der Waals surface area contributed by atoms with Crippen LogP contribution in [0.4, 0.5) is 5.69 Å². The molecule has 0 aliphatic carbocycles. The minimum absolute atomic E-state index is 0.137. The fourth-order valence-corrected chi connectivity index (χ4v) is 2.15. The molecular formula is C15H17N3O5. The molecule has 0 radical (unpaired) electrons. The Morgan fingerprint density at radius 3 is 2.48 bits per heavy atom. The fourth-order valence-electron chi connectivity index (χ4n) is 2.15. The van der Waals surface area contributed by atoms with Crippen LogP contribution in [0.5, 0.6) is 5.75 Å². The molecule has 1 aromatic heterocycles. The van der Waals surface area contributed by atoms with Gasteiger partial charge < -0.3 is 19.9 Å². The molecule has 0 aliphatic heterocycles. The smallest absolute Gasteiger partial charge is 0.358 e. The van der Waals surface area contributed by atoms with E-state index >= 15 is 0 Å². The van der Waals surface area contributed by atoms with Crippen LogP contribution in [-0.2, 0) is 16.0 Å². The van der Waals surface area contributed by atoms with E-state index < -0.39 is 11.9 Å². The van der Waals surface area contributed by atoms with Crippen molar-refractivity contribution in [3.05, 3.63) is 41.2 Å². The Morgan fingerprint density at radius 1 is 1.17 bits per heavy atom. The van der Waals surface area contributed by atoms with Crippen molar-refractivity contribution >= 4 is 17.6 Å². The molecule has 2 N–H and O–H groups in total. The summed E-state index contributed by atoms with van der Waals surface area (Å²) in [5, 5.41) is 4.07. The molecule has 2 rings (SSSR count). The molecule has 0 fully saturated rings. The first kappa shape index (κ1) is 16.3. The van der Waals surface area contributed by atoms with E-state index in [9.17, 15) is 9.59 Å². The van der Waals surface area contributed by atoms with Crippen LogP contribution in [0.2, 0.25) is 0 Å². The van der Waals surface area contributed by atoms with E-state index in [0.717, 1.165) is 0 Å². The Kier molecular flexibility index (Phi) is 4.85. The van der Waals surface area contributed by atoms with E-state index in [4.69, 9.17) is 19.9 Å². The molecule has 122 valence electrons. The first-order valence-electron chi connectivity index (χ1n) is 6.66. The minimum atomic E-state index is -0.594. The average molecular weight is 319 g/mol. The van der Waals surface area contributed by atoms with Gasteiger partial charge in [0.05, 0.1) is 45.3 Å². The molecule has 23 heavy (non-hydrogen) atoms. The van der Waals surface area contributed by atoms with Gasteiger partial charge in [0, 0.05) is 5.56 Å². The van der Waals surface area contributed by atoms with E-state index in [0.29, 0.717) is 16.9 Å². The third kappa shape index (κ3) is 3.25. The predicted octanol–water partition coefficient (Wildman–Crippen LogP) is 1.10. The zero-order valence-electron chi connectivity index (χ0n) is 13.0. The summed E-state index contributed by atoms with van der Waals surface area (Å²) < 4.78 is 16.1. The Balaban J connectivity index is 2.43. The van der Waals surface area contributed by atoms with Gasteiger partial charge in [-0.2, -0.15) is 5.10 Å². The number of carbonyl (C=O) groups is 2. The summed E-state index contributed by atoms with van der Waals surface area (Å²) in [5.41, 5.74) is 7.10. The third-order valence-electron chi connectivity index (χ3n) is 3.27. The van der Waals surface area contributed by atoms with Crippen LogP contribution in [0.3, 0.4) is 0 Å². The molecule has 0 saturated carbocycles. The number of methoxy groups -OCH3 is 3. The van der Waals surface area contributed by atoms with Crippen molar-refractivity contribution in [2.45, 2.75) is 6.54 Å². The molecule has 8 heteroatoms. The second-order valence-corrected chi connectivity index (χ2v) is 4.62. The van der Waals surface area contributed by atoms with Gasteiger partial charge in [0.1, 0.15) is 5.75 Å². The monoisotopic (exact) mass is 319 g/mol. The summed E-state index contributed by atoms with van der Waals surface area (Å²) in [7, 11) is 4.07. The van der Waals surface area contributed by atoms with Crippen molar-refractivity contribution in [2.75, 3.05) is 27.1 Å². The largest absolute Gasteiger partial charge is 0.496 e. The molecule has 0 atom stereocenters. The SMILES string of the molecule is COC(=O)c1ccc(OC)c(Cn2ncc(N)c2C(=O)OC)c1. The van der Waals surface area contributed by atoms with Crippen LogP contribution in [-0.4, -0.2) is 43.0 Å². The lowest BCUT2D eigenvalue weighted by Gasteiger charge is -2.12. The summed E-state index contributed by atoms with van der Waals surface area (Å²) >= 11 is 0. The van der Waals surface area contributed by atoms with Crippen LogP contribution in [0.15, 0.2) is 24.4 Å². The number of anilines is 1. The highest BCUT2D eigenvalue weighted by Gasteiger charge is 2.19. The molecule has 0 spiro atoms. The molecule has 1 aromatic carbocycles. The average Bonchev–Trinajstić information content (AvgIpc) is 2.93. The number of benzene rings is 1. The zero-order chi connectivity index (χ0) is 17.0. The van der Waals surface area contributed by atoms with Crippen molar-refractivity contribution in [1.82, 2.24) is 9.78 Å². The number of esters is 2. The molecule has 1 heterocycles. The standard InChI is InChI=1S/C15H17N3O5/c1-21-12-5-4-9(14(19)22-2)6-10(12)8-18-13(15(20)23-3)11(16)7-17-18/h4-7H,8,16H2,1-3H3. The number of nitrogens with two attached hydrogens (primary N) is 1. The Morgan fingerprint density at radius 2 is 1.87 bits per heavy atom. The van der Waals surface area contributed by atoms with Crippen LogP contribution in [0.1, 0.15) is 26.4 Å². The van der Waals surface area contributed by atoms with E-state index in [1.807, 2.05) is 0 Å². The number of ether oxygens (including phenoxy) is 3. The maximum Gasteiger partial charge on any atom is 0.358 e. The summed E-state index contributed by atoms with van der Waals surface area (Å²) in [6, 6.07) is 4.85. The summed E-state index contributed by atoms with van der Waals surface area (Å²) in [6.45, 7) is 0.176. The highest BCUT2D eigenvalue weighted by Crippen LogP contribution is 2.23. The van der Waals surface area contributed by atoms with E-state index in [2.05, 4.69) is 5.10 Å². The van der Waals surface area contributed by atoms with Crippen LogP contribution in [0.25, 0.3) is 0 Å². The minimum Gasteiger partial charge on any atom is -0.496 e. The molecule has 0 unspecified atom stereocenters. The van der Waals surface area contributed by atoms with E-state index in [-0.39, 0.29) is 17.9 Å². The number of carbonyl (C=O) groups excluding carboxylic acids is 2. The number of nitrogen functional groups attached to an aromatic ring is 1. The van der Waals surface area contributed by atoms with Gasteiger partial charge >= 0.3 is 11.9 Å². The third-order valence-corrected chi connectivity index (χ3v) is 3.27. The lowest BCUT2D eigenvalue weighted by molar-refractivity contribution is 0.0582. The van der Waals surface area contributed by atoms with Crippen molar-refractivity contribution in [3.8, 4) is 5.75 Å². The molecule has 2 aromatic rings. The Bertz CT molecular complexity index is 739. The van der Waals surface area contributed by atoms with Crippen LogP contribution < -0.4 is 10.5 Å². The first-order chi connectivity index (χ1) is 11.0. The van der Waals surface area contributed by atoms with E-state index in [1.54, 1.807) is 18.2 Å². The molecule has 0 saturated heterocycles. The normalized spacial score (nSPS) is 10.2. The van der Waals surface area contributed by atoms with E-state index in [1.165, 1.54) is 32.2 Å². The van der Waals surface area contributed by atoms with Gasteiger partial charge in [-0.3, -0.25) is 4.68 Å². The zero-order valence-corrected chi connectivity index (χ0v) is 13.0. The van der Waals surface area contributed by atoms with Crippen LogP contribution >= 0.6 is 0 Å². The number of hydrogen-bond acceptors (Lipinski definition) is 7. The summed E-state index contributed by atoms with van der Waals surface area (Å²) in [5.74, 6) is -0.521. The number of nitrogens with zero attached hydrogens (tertiary/aromatic N) is 2. The van der Waals surface area contributed by atoms with Crippen molar-refractivity contribution in [2.24, 2.45) is 0 Å². The Hall–Kier alpha value is -3.03. The first-order valence-corrected chi connectivity index (χ1v) is 6.66. The van der Waals surface area contributed by atoms with Gasteiger partial charge in [-0.1, -0.05) is 0 Å². The van der Waals surface area contributed by atoms with Gasteiger partial charge in [-0.15, -0.1) is 0 Å². The number of hydrogen-bond donors (Lipinski definition) is 1. The highest BCUT2D eigenvalue weighted by molar-refractivity contribution is 5.93. The van der Waals surface area contributed by atoms with Crippen molar-refractivity contribution < 1.29 is 23.8 Å². The topological polar surface area (TPSA) is 106 Å². The molecule has 8 nitrogen and oxygen atoms in total. The second-order valence-electron chi connectivity index (χ2n) is 4.62. The van der Waals surface area contributed by atoms with Gasteiger partial charge in [0.2, 0.25) is 0 Å². The molecule has 0 bridgehead atoms. The Labute approximate surface area is 132 Å². The van der Waals surface area contributed by atoms with Crippen LogP contribution in [0, 0.1) is 0 Å². The van der Waals surface area contributed by atoms with Gasteiger partial charge in [-0.25, -0.2) is 9.59 Å². The molecule has 0 aliphatic rings. The highest BCUT2D eigenvalue weighted by atomic mass is 16.5. The van der Waals surface area contributed by atoms with Gasteiger partial charge in [0.25, 0.3) is 0 Å².